The van der Waals surface area contributed by atoms with Gasteiger partial charge in [-0.3, -0.25) is 0 Å². The van der Waals surface area contributed by atoms with Crippen LogP contribution in [-0.2, 0) is 0 Å². The minimum atomic E-state index is -0.331. The molecule has 0 aromatic heterocycles. The van der Waals surface area contributed by atoms with E-state index in [9.17, 15) is 5.11 Å². The van der Waals surface area contributed by atoms with E-state index in [1.54, 1.807) is 0 Å². The maximum absolute atomic E-state index is 10.1. The van der Waals surface area contributed by atoms with Crippen molar-refractivity contribution in [1.29, 1.82) is 0 Å². The standard InChI is InChI=1S/C14H21NOS/c1-2-14(16)12-6-3-4-7-13(12)15-8-5-10-17-11-9-15/h3-4,6-7,14,16H,2,5,8-11H2,1H3. The molecular formula is C14H21NOS. The van der Waals surface area contributed by atoms with Gasteiger partial charge >= 0.3 is 0 Å². The second-order valence-corrected chi connectivity index (χ2v) is 5.66. The average Bonchev–Trinajstić information content (AvgIpc) is 2.66. The minimum absolute atomic E-state index is 0.331. The third kappa shape index (κ3) is 3.17. The Bertz CT molecular complexity index is 348. The molecule has 1 aliphatic rings. The quantitative estimate of drug-likeness (QED) is 0.893. The maximum Gasteiger partial charge on any atom is 0.0807 e. The summed E-state index contributed by atoms with van der Waals surface area (Å²) in [5.41, 5.74) is 2.31. The van der Waals surface area contributed by atoms with Gasteiger partial charge in [0, 0.05) is 30.1 Å². The Morgan fingerprint density at radius 2 is 2.12 bits per heavy atom. The Morgan fingerprint density at radius 1 is 1.29 bits per heavy atom. The van der Waals surface area contributed by atoms with Crippen LogP contribution >= 0.6 is 11.8 Å². The Hall–Kier alpha value is -0.670. The van der Waals surface area contributed by atoms with E-state index >= 15 is 0 Å². The van der Waals surface area contributed by atoms with E-state index in [0.29, 0.717) is 0 Å². The van der Waals surface area contributed by atoms with Gasteiger partial charge in [0.05, 0.1) is 6.10 Å². The van der Waals surface area contributed by atoms with E-state index in [4.69, 9.17) is 0 Å². The summed E-state index contributed by atoms with van der Waals surface area (Å²) in [5, 5.41) is 10.1. The van der Waals surface area contributed by atoms with Crippen LogP contribution < -0.4 is 4.90 Å². The highest BCUT2D eigenvalue weighted by Gasteiger charge is 2.16. The Labute approximate surface area is 108 Å². The van der Waals surface area contributed by atoms with E-state index in [-0.39, 0.29) is 6.10 Å². The fourth-order valence-electron chi connectivity index (χ4n) is 2.26. The van der Waals surface area contributed by atoms with Gasteiger partial charge in [0.15, 0.2) is 0 Å². The molecule has 0 amide bonds. The number of nitrogens with zero attached hydrogens (tertiary/aromatic N) is 1. The zero-order valence-corrected chi connectivity index (χ0v) is 11.2. The number of para-hydroxylation sites is 1. The molecule has 0 spiro atoms. The van der Waals surface area contributed by atoms with Crippen LogP contribution in [0.4, 0.5) is 5.69 Å². The number of rotatable bonds is 3. The lowest BCUT2D eigenvalue weighted by Gasteiger charge is -2.26. The number of hydrogen-bond acceptors (Lipinski definition) is 3. The number of aliphatic hydroxyl groups excluding tert-OH is 1. The second kappa shape index (κ2) is 6.31. The van der Waals surface area contributed by atoms with Gasteiger partial charge in [-0.05, 0) is 24.7 Å². The van der Waals surface area contributed by atoms with Crippen molar-refractivity contribution in [2.24, 2.45) is 0 Å². The van der Waals surface area contributed by atoms with Gasteiger partial charge in [-0.15, -0.1) is 0 Å². The normalized spacial score (nSPS) is 18.8. The van der Waals surface area contributed by atoms with Gasteiger partial charge in [-0.1, -0.05) is 25.1 Å². The molecule has 1 atom stereocenters. The summed E-state index contributed by atoms with van der Waals surface area (Å²) >= 11 is 2.03. The van der Waals surface area contributed by atoms with Crippen LogP contribution in [0.1, 0.15) is 31.4 Å². The van der Waals surface area contributed by atoms with Gasteiger partial charge in [-0.25, -0.2) is 0 Å². The van der Waals surface area contributed by atoms with E-state index in [0.717, 1.165) is 25.1 Å². The molecule has 94 valence electrons. The summed E-state index contributed by atoms with van der Waals surface area (Å²) in [5.74, 6) is 2.45. The first-order valence-corrected chi connectivity index (χ1v) is 7.58. The molecule has 1 aromatic rings. The smallest absolute Gasteiger partial charge is 0.0807 e. The molecule has 1 fully saturated rings. The summed E-state index contributed by atoms with van der Waals surface area (Å²) in [7, 11) is 0. The topological polar surface area (TPSA) is 23.5 Å². The van der Waals surface area contributed by atoms with Crippen molar-refractivity contribution in [3.05, 3.63) is 29.8 Å². The minimum Gasteiger partial charge on any atom is -0.388 e. The van der Waals surface area contributed by atoms with E-state index < -0.39 is 0 Å². The first-order chi connectivity index (χ1) is 8.33. The van der Waals surface area contributed by atoms with Gasteiger partial charge in [0.25, 0.3) is 0 Å². The van der Waals surface area contributed by atoms with Crippen LogP contribution in [0.25, 0.3) is 0 Å². The third-order valence-electron chi connectivity index (χ3n) is 3.25. The van der Waals surface area contributed by atoms with E-state index in [1.807, 2.05) is 24.8 Å². The molecule has 1 heterocycles. The lowest BCUT2D eigenvalue weighted by Crippen LogP contribution is -2.26. The molecule has 1 N–H and O–H groups in total. The van der Waals surface area contributed by atoms with Crippen molar-refractivity contribution in [1.82, 2.24) is 0 Å². The third-order valence-corrected chi connectivity index (χ3v) is 4.29. The fraction of sp³-hybridized carbons (Fsp3) is 0.571. The van der Waals surface area contributed by atoms with Crippen molar-refractivity contribution in [3.8, 4) is 0 Å². The molecule has 0 radical (unpaired) electrons. The van der Waals surface area contributed by atoms with Crippen LogP contribution in [-0.4, -0.2) is 29.7 Å². The molecule has 3 heteroatoms. The van der Waals surface area contributed by atoms with Crippen molar-refractivity contribution in [2.75, 3.05) is 29.5 Å². The van der Waals surface area contributed by atoms with Crippen LogP contribution in [0.3, 0.4) is 0 Å². The van der Waals surface area contributed by atoms with E-state index in [2.05, 4.69) is 23.1 Å². The SMILES string of the molecule is CCC(O)c1ccccc1N1CCCSCC1. The fourth-order valence-corrected chi connectivity index (χ4v) is 3.15. The predicted molar refractivity (Wildman–Crippen MR) is 75.8 cm³/mol. The number of thioether (sulfide) groups is 1. The number of benzene rings is 1. The number of aliphatic hydroxyl groups is 1. The molecule has 1 aliphatic heterocycles. The van der Waals surface area contributed by atoms with Crippen molar-refractivity contribution in [3.63, 3.8) is 0 Å². The first kappa shape index (κ1) is 12.8. The summed E-state index contributed by atoms with van der Waals surface area (Å²) in [6, 6.07) is 8.29. The molecule has 2 rings (SSSR count). The van der Waals surface area contributed by atoms with Gasteiger partial charge in [-0.2, -0.15) is 11.8 Å². The van der Waals surface area contributed by atoms with Gasteiger partial charge in [0.2, 0.25) is 0 Å². The second-order valence-electron chi connectivity index (χ2n) is 4.44. The lowest BCUT2D eigenvalue weighted by atomic mass is 10.0. The van der Waals surface area contributed by atoms with E-state index in [1.165, 1.54) is 23.6 Å². The van der Waals surface area contributed by atoms with Crippen LogP contribution in [0.15, 0.2) is 24.3 Å². The molecule has 1 saturated heterocycles. The predicted octanol–water partition coefficient (Wildman–Crippen LogP) is 3.07. The van der Waals surface area contributed by atoms with Crippen molar-refractivity contribution in [2.45, 2.75) is 25.9 Å². The summed E-state index contributed by atoms with van der Waals surface area (Å²) in [6.07, 6.45) is 1.68. The zero-order chi connectivity index (χ0) is 12.1. The number of anilines is 1. The monoisotopic (exact) mass is 251 g/mol. The van der Waals surface area contributed by atoms with Crippen LogP contribution in [0.2, 0.25) is 0 Å². The molecule has 1 unspecified atom stereocenters. The zero-order valence-electron chi connectivity index (χ0n) is 10.4. The highest BCUT2D eigenvalue weighted by Crippen LogP contribution is 2.29. The van der Waals surface area contributed by atoms with Gasteiger partial charge in [0.1, 0.15) is 0 Å². The molecule has 0 bridgehead atoms. The Morgan fingerprint density at radius 3 is 2.94 bits per heavy atom. The Balaban J connectivity index is 2.23. The highest BCUT2D eigenvalue weighted by molar-refractivity contribution is 7.99. The molecule has 17 heavy (non-hydrogen) atoms. The summed E-state index contributed by atoms with van der Waals surface area (Å²) in [4.78, 5) is 2.42. The Kier molecular flexibility index (Phi) is 4.75. The summed E-state index contributed by atoms with van der Waals surface area (Å²) in [6.45, 7) is 4.23. The molecule has 0 saturated carbocycles. The maximum atomic E-state index is 10.1. The largest absolute Gasteiger partial charge is 0.388 e. The van der Waals surface area contributed by atoms with Crippen molar-refractivity contribution < 1.29 is 5.11 Å². The lowest BCUT2D eigenvalue weighted by molar-refractivity contribution is 0.174. The van der Waals surface area contributed by atoms with Crippen LogP contribution in [0.5, 0.6) is 0 Å². The summed E-state index contributed by atoms with van der Waals surface area (Å²) < 4.78 is 0. The molecule has 1 aromatic carbocycles. The molecular weight excluding hydrogens is 230 g/mol. The van der Waals surface area contributed by atoms with Gasteiger partial charge < -0.3 is 10.0 Å². The van der Waals surface area contributed by atoms with Crippen LogP contribution in [0, 0.1) is 0 Å². The highest BCUT2D eigenvalue weighted by atomic mass is 32.2. The first-order valence-electron chi connectivity index (χ1n) is 6.42. The molecule has 0 aliphatic carbocycles. The molecule has 2 nitrogen and oxygen atoms in total. The average molecular weight is 251 g/mol. The number of hydrogen-bond donors (Lipinski definition) is 1. The van der Waals surface area contributed by atoms with Crippen molar-refractivity contribution >= 4 is 17.4 Å².